The summed E-state index contributed by atoms with van der Waals surface area (Å²) < 4.78 is 13.4. The fourth-order valence-corrected chi connectivity index (χ4v) is 11.0. The third-order valence-corrected chi connectivity index (χ3v) is 13.1. The van der Waals surface area contributed by atoms with Gasteiger partial charge in [-0.15, -0.1) is 0 Å². The van der Waals surface area contributed by atoms with Crippen LogP contribution in [0.1, 0.15) is 98.3 Å². The first kappa shape index (κ1) is 27.1. The molecule has 6 fully saturated rings. The van der Waals surface area contributed by atoms with Crippen LogP contribution < -0.4 is 5.32 Å². The first-order valence-electron chi connectivity index (χ1n) is 15.8. The van der Waals surface area contributed by atoms with Crippen molar-refractivity contribution in [2.45, 2.75) is 116 Å². The molecule has 2 aliphatic heterocycles. The van der Waals surface area contributed by atoms with Crippen LogP contribution in [0.3, 0.4) is 0 Å². The molecule has 0 radical (unpaired) electrons. The van der Waals surface area contributed by atoms with Crippen molar-refractivity contribution >= 4 is 11.8 Å². The number of amides is 2. The maximum absolute atomic E-state index is 12.5. The highest BCUT2D eigenvalue weighted by atomic mass is 16.7. The van der Waals surface area contributed by atoms with Crippen LogP contribution in [0.4, 0.5) is 0 Å². The molecule has 6 heteroatoms. The summed E-state index contributed by atoms with van der Waals surface area (Å²) in [4.78, 5) is 26.0. The highest BCUT2D eigenvalue weighted by Crippen LogP contribution is 2.71. The maximum Gasteiger partial charge on any atom is 0.231 e. The Morgan fingerprint density at radius 3 is 2.39 bits per heavy atom. The summed E-state index contributed by atoms with van der Waals surface area (Å²) in [5.74, 6) is 4.25. The predicted octanol–water partition coefficient (Wildman–Crippen LogP) is 5.40. The van der Waals surface area contributed by atoms with Crippen molar-refractivity contribution in [2.24, 2.45) is 52.3 Å². The number of hydrogen-bond acceptors (Lipinski definition) is 4. The summed E-state index contributed by atoms with van der Waals surface area (Å²) in [5.41, 5.74) is 0.744. The van der Waals surface area contributed by atoms with Gasteiger partial charge in [0.25, 0.3) is 0 Å². The van der Waals surface area contributed by atoms with Crippen molar-refractivity contribution in [3.8, 4) is 0 Å². The molecule has 6 nitrogen and oxygen atoms in total. The van der Waals surface area contributed by atoms with Crippen LogP contribution in [0.5, 0.6) is 0 Å². The van der Waals surface area contributed by atoms with Gasteiger partial charge in [0.15, 0.2) is 5.79 Å². The van der Waals surface area contributed by atoms with Gasteiger partial charge in [0.05, 0.1) is 12.7 Å². The number of fused-ring (bicyclic) bond motifs is 7. The van der Waals surface area contributed by atoms with Gasteiger partial charge in [-0.25, -0.2) is 0 Å². The van der Waals surface area contributed by atoms with E-state index in [-0.39, 0.29) is 30.1 Å². The van der Waals surface area contributed by atoms with Gasteiger partial charge in [0.1, 0.15) is 6.42 Å². The minimum absolute atomic E-state index is 0.0371. The van der Waals surface area contributed by atoms with Crippen LogP contribution in [0.2, 0.25) is 0 Å². The van der Waals surface area contributed by atoms with E-state index in [2.05, 4.69) is 33.0 Å². The molecule has 0 aromatic heterocycles. The van der Waals surface area contributed by atoms with Gasteiger partial charge in [-0.3, -0.25) is 9.59 Å². The van der Waals surface area contributed by atoms with Gasteiger partial charge in [-0.2, -0.15) is 0 Å². The molecular formula is C32H52N2O4. The molecule has 4 aliphatic carbocycles. The molecule has 0 aromatic carbocycles. The van der Waals surface area contributed by atoms with Crippen LogP contribution in [-0.4, -0.2) is 55.3 Å². The van der Waals surface area contributed by atoms with Crippen LogP contribution in [0, 0.1) is 52.3 Å². The maximum atomic E-state index is 12.5. The molecule has 1 spiro atoms. The molecule has 2 heterocycles. The van der Waals surface area contributed by atoms with Gasteiger partial charge < -0.3 is 19.7 Å². The summed E-state index contributed by atoms with van der Waals surface area (Å²) in [7, 11) is 3.42. The molecule has 4 saturated carbocycles. The third-order valence-electron chi connectivity index (χ3n) is 13.1. The Kier molecular flexibility index (Phi) is 6.74. The van der Waals surface area contributed by atoms with Gasteiger partial charge in [-0.05, 0) is 104 Å². The average molecular weight is 529 g/mol. The zero-order chi connectivity index (χ0) is 27.0. The highest BCUT2D eigenvalue weighted by Gasteiger charge is 2.69. The van der Waals surface area contributed by atoms with E-state index in [1.807, 2.05) is 0 Å². The molecule has 214 valence electrons. The summed E-state index contributed by atoms with van der Waals surface area (Å²) in [5, 5.41) is 3.22. The zero-order valence-electron chi connectivity index (χ0n) is 24.8. The number of nitrogens with zero attached hydrogens (tertiary/aromatic N) is 1. The lowest BCUT2D eigenvalue weighted by Crippen LogP contribution is -2.56. The number of nitrogens with one attached hydrogen (secondary N) is 1. The highest BCUT2D eigenvalue weighted by molar-refractivity contribution is 5.96. The largest absolute Gasteiger partial charge is 0.353 e. The van der Waals surface area contributed by atoms with Crippen LogP contribution in [0.15, 0.2) is 0 Å². The van der Waals surface area contributed by atoms with E-state index >= 15 is 0 Å². The molecule has 2 saturated heterocycles. The van der Waals surface area contributed by atoms with Crippen molar-refractivity contribution < 1.29 is 19.1 Å². The first-order chi connectivity index (χ1) is 18.0. The van der Waals surface area contributed by atoms with Gasteiger partial charge in [-0.1, -0.05) is 27.7 Å². The molecule has 38 heavy (non-hydrogen) atoms. The lowest BCUT2D eigenvalue weighted by Gasteiger charge is -2.61. The predicted molar refractivity (Wildman–Crippen MR) is 147 cm³/mol. The Hall–Kier alpha value is -1.14. The summed E-state index contributed by atoms with van der Waals surface area (Å²) in [6, 6.07) is 0.218. The zero-order valence-corrected chi connectivity index (χ0v) is 24.8. The quantitative estimate of drug-likeness (QED) is 0.499. The van der Waals surface area contributed by atoms with E-state index in [0.29, 0.717) is 40.6 Å². The van der Waals surface area contributed by atoms with E-state index in [9.17, 15) is 9.59 Å². The lowest BCUT2D eigenvalue weighted by atomic mass is 9.44. The normalized spacial score (nSPS) is 51.5. The van der Waals surface area contributed by atoms with E-state index in [1.54, 1.807) is 14.1 Å². The molecule has 6 rings (SSSR count). The molecule has 0 unspecified atom stereocenters. The Morgan fingerprint density at radius 2 is 1.68 bits per heavy atom. The Bertz CT molecular complexity index is 944. The number of carbonyl (C=O) groups excluding carboxylic acids is 2. The fourth-order valence-electron chi connectivity index (χ4n) is 11.0. The van der Waals surface area contributed by atoms with Gasteiger partial charge >= 0.3 is 0 Å². The molecular weight excluding hydrogens is 476 g/mol. The van der Waals surface area contributed by atoms with Crippen LogP contribution in [0.25, 0.3) is 0 Å². The van der Waals surface area contributed by atoms with E-state index in [1.165, 1.54) is 49.8 Å². The molecule has 0 aromatic rings. The molecule has 1 N–H and O–H groups in total. The Morgan fingerprint density at radius 1 is 0.921 bits per heavy atom. The number of carbonyl (C=O) groups is 2. The molecule has 0 bridgehead atoms. The molecule has 12 atom stereocenters. The average Bonchev–Trinajstić information content (AvgIpc) is 3.31. The van der Waals surface area contributed by atoms with E-state index in [0.717, 1.165) is 43.6 Å². The second-order valence-electron chi connectivity index (χ2n) is 15.2. The smallest absolute Gasteiger partial charge is 0.231 e. The minimum atomic E-state index is -0.323. The second-order valence-corrected chi connectivity index (χ2v) is 15.2. The monoisotopic (exact) mass is 528 g/mol. The van der Waals surface area contributed by atoms with Gasteiger partial charge in [0, 0.05) is 32.5 Å². The third kappa shape index (κ3) is 4.09. The number of ether oxygens (including phenoxy) is 2. The van der Waals surface area contributed by atoms with Crippen LogP contribution in [-0.2, 0) is 19.1 Å². The fraction of sp³-hybridized carbons (Fsp3) is 0.938. The van der Waals surface area contributed by atoms with Crippen molar-refractivity contribution in [1.82, 2.24) is 10.2 Å². The van der Waals surface area contributed by atoms with Gasteiger partial charge in [0.2, 0.25) is 11.8 Å². The standard InChI is InChI=1S/C32H52N2O4/c1-19-9-14-32(37-18-19)20(2)29-26(38-32)16-25-23-8-7-21-15-22(33-27(35)17-28(36)34(5)6)10-12-30(21,3)24(23)11-13-31(25,29)4/h19-26,29H,7-18H2,1-6H3,(H,33,35)/t19-,20+,21+,22+,23-,24+,25+,26+,29+,30+,31+,32-/m1/s1. The number of hydrogen-bond donors (Lipinski definition) is 1. The second kappa shape index (κ2) is 9.46. The summed E-state index contributed by atoms with van der Waals surface area (Å²) in [6.45, 7) is 10.8. The lowest BCUT2D eigenvalue weighted by molar-refractivity contribution is -0.273. The van der Waals surface area contributed by atoms with Crippen molar-refractivity contribution in [3.63, 3.8) is 0 Å². The molecule has 2 amide bonds. The van der Waals surface area contributed by atoms with Crippen molar-refractivity contribution in [3.05, 3.63) is 0 Å². The van der Waals surface area contributed by atoms with Crippen LogP contribution >= 0.6 is 0 Å². The van der Waals surface area contributed by atoms with Crippen molar-refractivity contribution in [2.75, 3.05) is 20.7 Å². The Labute approximate surface area is 230 Å². The SMILES string of the molecule is C[C@@H]1CC[C@@]2(OC1)O[C@H]1C[C@H]3[C@@H]4CC[C@H]5C[C@@H](NC(=O)CC(=O)N(C)C)CC[C@]5(C)[C@H]4CC[C@]3(C)[C@H]1[C@@H]2C. The van der Waals surface area contributed by atoms with E-state index in [4.69, 9.17) is 9.47 Å². The van der Waals surface area contributed by atoms with Crippen molar-refractivity contribution in [1.29, 1.82) is 0 Å². The molecule has 6 aliphatic rings. The van der Waals surface area contributed by atoms with E-state index < -0.39 is 0 Å². The summed E-state index contributed by atoms with van der Waals surface area (Å²) >= 11 is 0. The Balaban J connectivity index is 1.12. The summed E-state index contributed by atoms with van der Waals surface area (Å²) in [6.07, 6.45) is 12.5. The minimum Gasteiger partial charge on any atom is -0.353 e. The number of rotatable bonds is 3. The first-order valence-corrected chi connectivity index (χ1v) is 15.8. The topological polar surface area (TPSA) is 67.9 Å².